The summed E-state index contributed by atoms with van der Waals surface area (Å²) in [4.78, 5) is 12.5. The Hall–Kier alpha value is -3.55. The van der Waals surface area contributed by atoms with Gasteiger partial charge in [-0.1, -0.05) is 24.0 Å². The maximum absolute atomic E-state index is 14.1. The zero-order valence-corrected chi connectivity index (χ0v) is 16.4. The largest absolute Gasteiger partial charge is 0.493 e. The number of benzene rings is 2. The van der Waals surface area contributed by atoms with E-state index in [-0.39, 0.29) is 25.3 Å². The Balaban J connectivity index is 2.03. The van der Waals surface area contributed by atoms with Gasteiger partial charge in [0.2, 0.25) is 0 Å². The van der Waals surface area contributed by atoms with E-state index in [9.17, 15) is 13.6 Å². The van der Waals surface area contributed by atoms with Crippen molar-refractivity contribution in [2.24, 2.45) is 0 Å². The first-order valence-corrected chi connectivity index (χ1v) is 9.01. The van der Waals surface area contributed by atoms with Crippen LogP contribution in [0.3, 0.4) is 0 Å². The lowest BCUT2D eigenvalue weighted by Gasteiger charge is -2.18. The summed E-state index contributed by atoms with van der Waals surface area (Å²) in [5, 5.41) is 2.68. The summed E-state index contributed by atoms with van der Waals surface area (Å²) in [6.45, 7) is 0.154. The third-order valence-corrected chi connectivity index (χ3v) is 4.07. The summed E-state index contributed by atoms with van der Waals surface area (Å²) in [6.07, 6.45) is 9.52. The fraction of sp³-hybridized carbons (Fsp3) is 0.261. The number of terminal acetylenes is 2. The molecule has 0 fully saturated rings. The summed E-state index contributed by atoms with van der Waals surface area (Å²) in [5.41, 5.74) is 0.773. The molecule has 156 valence electrons. The lowest BCUT2D eigenvalue weighted by atomic mass is 10.1. The number of rotatable bonds is 10. The van der Waals surface area contributed by atoms with E-state index in [0.29, 0.717) is 24.0 Å². The Bertz CT molecular complexity index is 963. The molecule has 0 aromatic heterocycles. The quantitative estimate of drug-likeness (QED) is 0.609. The topological polar surface area (TPSA) is 56.8 Å². The first kappa shape index (κ1) is 22.7. The van der Waals surface area contributed by atoms with Crippen molar-refractivity contribution < 1.29 is 27.8 Å². The number of nitrogens with one attached hydrogen (secondary N) is 1. The van der Waals surface area contributed by atoms with Crippen LogP contribution in [0.5, 0.6) is 11.5 Å². The normalized spacial score (nSPS) is 11.1. The van der Waals surface area contributed by atoms with Gasteiger partial charge in [0, 0.05) is 18.2 Å². The summed E-state index contributed by atoms with van der Waals surface area (Å²) in [7, 11) is 1.51. The van der Waals surface area contributed by atoms with E-state index < -0.39 is 23.6 Å². The van der Waals surface area contributed by atoms with E-state index in [0.717, 1.165) is 17.7 Å². The zero-order chi connectivity index (χ0) is 21.9. The van der Waals surface area contributed by atoms with Gasteiger partial charge in [-0.3, -0.25) is 4.79 Å². The Labute approximate surface area is 174 Å². The summed E-state index contributed by atoms with van der Waals surface area (Å²) < 4.78 is 43.2. The van der Waals surface area contributed by atoms with Crippen LogP contribution in [0.1, 0.15) is 17.2 Å². The summed E-state index contributed by atoms with van der Waals surface area (Å²) in [5.74, 6) is 3.40. The van der Waals surface area contributed by atoms with Gasteiger partial charge in [-0.15, -0.1) is 12.8 Å². The van der Waals surface area contributed by atoms with Gasteiger partial charge < -0.3 is 19.5 Å². The SMILES string of the molecule is C#CCOc1ccc(CCNC(=O)C(OCC#C)c2ccc(F)cc2F)cc1OC. The third kappa shape index (κ3) is 6.23. The van der Waals surface area contributed by atoms with Gasteiger partial charge in [-0.05, 0) is 30.2 Å². The van der Waals surface area contributed by atoms with Gasteiger partial charge in [0.25, 0.3) is 5.91 Å². The van der Waals surface area contributed by atoms with Crippen LogP contribution in [0.2, 0.25) is 0 Å². The molecule has 30 heavy (non-hydrogen) atoms. The van der Waals surface area contributed by atoms with Gasteiger partial charge in [0.1, 0.15) is 24.8 Å². The number of carbonyl (C=O) groups excluding carboxylic acids is 1. The lowest BCUT2D eigenvalue weighted by Crippen LogP contribution is -2.33. The van der Waals surface area contributed by atoms with Gasteiger partial charge in [-0.25, -0.2) is 8.78 Å². The number of hydrogen-bond donors (Lipinski definition) is 1. The molecule has 0 aliphatic rings. The van der Waals surface area contributed by atoms with Crippen molar-refractivity contribution in [3.05, 3.63) is 59.2 Å². The molecule has 0 heterocycles. The molecule has 0 radical (unpaired) electrons. The standard InChI is InChI=1S/C23H21F2NO4/c1-4-12-29-20-9-6-16(14-21(20)28-3)10-11-26-23(27)22(30-13-5-2)18-8-7-17(24)15-19(18)25/h1-2,6-9,14-15,22H,10-13H2,3H3,(H,26,27). The maximum Gasteiger partial charge on any atom is 0.253 e. The maximum atomic E-state index is 14.1. The molecule has 2 aromatic carbocycles. The fourth-order valence-electron chi connectivity index (χ4n) is 2.68. The van der Waals surface area contributed by atoms with Crippen LogP contribution in [0.4, 0.5) is 8.78 Å². The number of hydrogen-bond acceptors (Lipinski definition) is 4. The molecular weight excluding hydrogens is 392 g/mol. The minimum Gasteiger partial charge on any atom is -0.493 e. The van der Waals surface area contributed by atoms with Crippen LogP contribution in [0, 0.1) is 36.3 Å². The van der Waals surface area contributed by atoms with Gasteiger partial charge in [0.15, 0.2) is 17.6 Å². The van der Waals surface area contributed by atoms with Crippen molar-refractivity contribution in [3.63, 3.8) is 0 Å². The summed E-state index contributed by atoms with van der Waals surface area (Å²) in [6, 6.07) is 8.20. The van der Waals surface area contributed by atoms with Crippen molar-refractivity contribution in [1.82, 2.24) is 5.32 Å². The highest BCUT2D eigenvalue weighted by atomic mass is 19.1. The van der Waals surface area contributed by atoms with E-state index in [1.54, 1.807) is 12.1 Å². The number of methoxy groups -OCH3 is 1. The second-order valence-corrected chi connectivity index (χ2v) is 6.08. The van der Waals surface area contributed by atoms with Crippen molar-refractivity contribution in [1.29, 1.82) is 0 Å². The Morgan fingerprint density at radius 2 is 1.87 bits per heavy atom. The van der Waals surface area contributed by atoms with E-state index in [1.807, 2.05) is 6.07 Å². The van der Waals surface area contributed by atoms with Crippen LogP contribution in [0.15, 0.2) is 36.4 Å². The van der Waals surface area contributed by atoms with Gasteiger partial charge >= 0.3 is 0 Å². The van der Waals surface area contributed by atoms with Crippen LogP contribution in [0.25, 0.3) is 0 Å². The highest BCUT2D eigenvalue weighted by Gasteiger charge is 2.24. The van der Waals surface area contributed by atoms with E-state index in [2.05, 4.69) is 17.2 Å². The van der Waals surface area contributed by atoms with Gasteiger partial charge in [-0.2, -0.15) is 0 Å². The number of carbonyl (C=O) groups is 1. The minimum atomic E-state index is -1.30. The lowest BCUT2D eigenvalue weighted by molar-refractivity contribution is -0.132. The first-order valence-electron chi connectivity index (χ1n) is 9.01. The van der Waals surface area contributed by atoms with E-state index in [1.165, 1.54) is 7.11 Å². The zero-order valence-electron chi connectivity index (χ0n) is 16.4. The van der Waals surface area contributed by atoms with Crippen LogP contribution in [-0.4, -0.2) is 32.8 Å². The Morgan fingerprint density at radius 3 is 2.53 bits per heavy atom. The second kappa shape index (κ2) is 11.5. The molecule has 1 unspecified atom stereocenters. The van der Waals surface area contributed by atoms with Gasteiger partial charge in [0.05, 0.1) is 7.11 Å². The second-order valence-electron chi connectivity index (χ2n) is 6.08. The number of ether oxygens (including phenoxy) is 3. The van der Waals surface area contributed by atoms with Crippen LogP contribution < -0.4 is 14.8 Å². The van der Waals surface area contributed by atoms with Crippen LogP contribution in [-0.2, 0) is 16.0 Å². The molecule has 2 rings (SSSR count). The molecule has 0 aliphatic carbocycles. The number of halogens is 2. The molecule has 2 aromatic rings. The van der Waals surface area contributed by atoms with Crippen LogP contribution >= 0.6 is 0 Å². The molecule has 5 nitrogen and oxygen atoms in total. The van der Waals surface area contributed by atoms with Crippen molar-refractivity contribution in [2.45, 2.75) is 12.5 Å². The van der Waals surface area contributed by atoms with Crippen molar-refractivity contribution in [2.75, 3.05) is 26.9 Å². The van der Waals surface area contributed by atoms with E-state index in [4.69, 9.17) is 27.1 Å². The average Bonchev–Trinajstić information content (AvgIpc) is 2.74. The minimum absolute atomic E-state index is 0.0964. The van der Waals surface area contributed by atoms with Crippen molar-refractivity contribution >= 4 is 5.91 Å². The molecule has 1 amide bonds. The third-order valence-electron chi connectivity index (χ3n) is 4.07. The molecule has 0 saturated heterocycles. The smallest absolute Gasteiger partial charge is 0.253 e. The Morgan fingerprint density at radius 1 is 1.10 bits per heavy atom. The molecule has 0 saturated carbocycles. The molecule has 1 N–H and O–H groups in total. The molecule has 7 heteroatoms. The molecule has 0 spiro atoms. The highest BCUT2D eigenvalue weighted by molar-refractivity contribution is 5.82. The predicted molar refractivity (Wildman–Crippen MR) is 108 cm³/mol. The number of amides is 1. The molecule has 0 bridgehead atoms. The Kier molecular flexibility index (Phi) is 8.68. The fourth-order valence-corrected chi connectivity index (χ4v) is 2.68. The monoisotopic (exact) mass is 413 g/mol. The van der Waals surface area contributed by atoms with E-state index >= 15 is 0 Å². The predicted octanol–water partition coefficient (Wildman–Crippen LogP) is 3.04. The van der Waals surface area contributed by atoms with Crippen molar-refractivity contribution in [3.8, 4) is 36.2 Å². The highest BCUT2D eigenvalue weighted by Crippen LogP contribution is 2.28. The molecular formula is C23H21F2NO4. The molecule has 0 aliphatic heterocycles. The first-order chi connectivity index (χ1) is 14.5. The summed E-state index contributed by atoms with van der Waals surface area (Å²) >= 11 is 0. The molecule has 1 atom stereocenters. The average molecular weight is 413 g/mol.